The highest BCUT2D eigenvalue weighted by Gasteiger charge is 2.50. The number of hydrogen-bond donors (Lipinski definition) is 2. The Bertz CT molecular complexity index is 2280. The Kier molecular flexibility index (Phi) is 13.2. The molecule has 1 amide bonds. The van der Waals surface area contributed by atoms with Crippen molar-refractivity contribution in [3.63, 3.8) is 0 Å². The number of rotatable bonds is 17. The molecule has 1 aliphatic rings. The zero-order valence-electron chi connectivity index (χ0n) is 34.4. The third-order valence-corrected chi connectivity index (χ3v) is 16.7. The number of nitrogens with zero attached hydrogens (tertiary/aromatic N) is 4. The predicted molar refractivity (Wildman–Crippen MR) is 238 cm³/mol. The van der Waals surface area contributed by atoms with E-state index in [0.29, 0.717) is 48.1 Å². The van der Waals surface area contributed by atoms with Crippen LogP contribution in [0.25, 0.3) is 11.0 Å². The van der Waals surface area contributed by atoms with Crippen molar-refractivity contribution in [2.75, 3.05) is 32.2 Å². The normalized spacial score (nSPS) is 14.3. The van der Waals surface area contributed by atoms with Crippen molar-refractivity contribution in [1.29, 1.82) is 0 Å². The summed E-state index contributed by atoms with van der Waals surface area (Å²) in [5, 5.41) is 14.1. The smallest absolute Gasteiger partial charge is 0.408 e. The molecule has 1 aliphatic heterocycles. The molecular formula is C46H53BrN6O5Si. The summed E-state index contributed by atoms with van der Waals surface area (Å²) in [7, 11) is -1.05. The monoisotopic (exact) mass is 876 g/mol. The number of hydrogen-bond acceptors (Lipinski definition) is 9. The van der Waals surface area contributed by atoms with Gasteiger partial charge in [0.05, 0.1) is 26.9 Å². The van der Waals surface area contributed by atoms with Gasteiger partial charge in [-0.25, -0.2) is 14.8 Å². The minimum absolute atomic E-state index is 0.0834. The van der Waals surface area contributed by atoms with Crippen LogP contribution in [0, 0.1) is 0 Å². The molecule has 308 valence electrons. The van der Waals surface area contributed by atoms with Crippen LogP contribution in [0.5, 0.6) is 5.75 Å². The van der Waals surface area contributed by atoms with E-state index in [2.05, 4.69) is 120 Å². The quantitative estimate of drug-likeness (QED) is 0.0872. The summed E-state index contributed by atoms with van der Waals surface area (Å²) in [6.07, 6.45) is 3.78. The van der Waals surface area contributed by atoms with Crippen molar-refractivity contribution in [2.45, 2.75) is 76.7 Å². The van der Waals surface area contributed by atoms with E-state index in [4.69, 9.17) is 28.7 Å². The van der Waals surface area contributed by atoms with Gasteiger partial charge in [-0.15, -0.1) is 0 Å². The highest BCUT2D eigenvalue weighted by molar-refractivity contribution is 9.10. The van der Waals surface area contributed by atoms with Crippen LogP contribution in [-0.2, 0) is 32.6 Å². The second-order valence-corrected chi connectivity index (χ2v) is 21.1. The minimum atomic E-state index is -2.69. The molecule has 11 nitrogen and oxygen atoms in total. The van der Waals surface area contributed by atoms with Crippen LogP contribution >= 0.6 is 15.9 Å². The molecule has 1 saturated heterocycles. The third-order valence-electron chi connectivity index (χ3n) is 11.1. The van der Waals surface area contributed by atoms with Crippen LogP contribution in [-0.4, -0.2) is 67.1 Å². The fourth-order valence-corrected chi connectivity index (χ4v) is 13.1. The van der Waals surface area contributed by atoms with E-state index in [9.17, 15) is 4.79 Å². The number of methoxy groups -OCH3 is 1. The van der Waals surface area contributed by atoms with E-state index in [1.807, 2.05) is 53.2 Å². The zero-order valence-corrected chi connectivity index (χ0v) is 37.0. The molecule has 2 aromatic heterocycles. The summed E-state index contributed by atoms with van der Waals surface area (Å²) in [5.74, 6) is 1.36. The Labute approximate surface area is 356 Å². The van der Waals surface area contributed by atoms with E-state index >= 15 is 0 Å². The molecule has 4 aromatic carbocycles. The van der Waals surface area contributed by atoms with Gasteiger partial charge in [0.2, 0.25) is 0 Å². The molecule has 0 spiro atoms. The van der Waals surface area contributed by atoms with Gasteiger partial charge >= 0.3 is 6.09 Å². The van der Waals surface area contributed by atoms with E-state index in [1.54, 1.807) is 13.4 Å². The summed E-state index contributed by atoms with van der Waals surface area (Å²) in [5.41, 5.74) is 3.43. The van der Waals surface area contributed by atoms with E-state index in [1.165, 1.54) is 10.4 Å². The fourth-order valence-electron chi connectivity index (χ4n) is 8.05. The van der Waals surface area contributed by atoms with Crippen LogP contribution in [0.1, 0.15) is 63.6 Å². The zero-order chi connectivity index (χ0) is 41.5. The molecule has 0 saturated carbocycles. The minimum Gasteiger partial charge on any atom is -0.496 e. The number of ether oxygens (including phenoxy) is 3. The van der Waals surface area contributed by atoms with Crippen molar-refractivity contribution in [3.8, 4) is 5.75 Å². The molecule has 6 aromatic rings. The lowest BCUT2D eigenvalue weighted by molar-refractivity contribution is -0.0763. The summed E-state index contributed by atoms with van der Waals surface area (Å²) in [6, 6.07) is 37.2. The van der Waals surface area contributed by atoms with Crippen molar-refractivity contribution >= 4 is 57.6 Å². The van der Waals surface area contributed by atoms with Gasteiger partial charge in [0.1, 0.15) is 35.3 Å². The lowest BCUT2D eigenvalue weighted by Gasteiger charge is -2.43. The number of carbonyl (C=O) groups excluding carboxylic acids is 1. The van der Waals surface area contributed by atoms with Gasteiger partial charge in [0.25, 0.3) is 8.32 Å². The lowest BCUT2D eigenvalue weighted by atomic mass is 9.87. The topological polar surface area (TPSA) is 122 Å². The van der Waals surface area contributed by atoms with E-state index < -0.39 is 19.9 Å². The maximum Gasteiger partial charge on any atom is 0.408 e. The Morgan fingerprint density at radius 2 is 1.59 bits per heavy atom. The van der Waals surface area contributed by atoms with Crippen LogP contribution in [0.15, 0.2) is 120 Å². The molecule has 0 aliphatic carbocycles. The van der Waals surface area contributed by atoms with Crippen LogP contribution in [0.4, 0.5) is 10.6 Å². The first-order valence-electron chi connectivity index (χ1n) is 20.2. The SMILES string of the molecule is CCC[C@@H](CCO[Si](c1ccccc1)(c1ccccc1)C(C)(C)C)Nc1ncnc2c(Br)nn(Cc3ccc(C4(NC(=O)OCc5ccccc5)COC4)cc3OC)c12. The summed E-state index contributed by atoms with van der Waals surface area (Å²) in [4.78, 5) is 22.3. The van der Waals surface area contributed by atoms with Crippen molar-refractivity contribution < 1.29 is 23.4 Å². The largest absolute Gasteiger partial charge is 0.496 e. The second-order valence-electron chi connectivity index (χ2n) is 16.1. The van der Waals surface area contributed by atoms with Crippen LogP contribution < -0.4 is 25.7 Å². The number of benzene rings is 4. The molecule has 0 bridgehead atoms. The molecule has 1 atom stereocenters. The van der Waals surface area contributed by atoms with Gasteiger partial charge in [-0.05, 0) is 61.4 Å². The van der Waals surface area contributed by atoms with Gasteiger partial charge in [-0.3, -0.25) is 4.68 Å². The molecule has 1 fully saturated rings. The fraction of sp³-hybridized carbons (Fsp3) is 0.348. The highest BCUT2D eigenvalue weighted by Crippen LogP contribution is 2.38. The summed E-state index contributed by atoms with van der Waals surface area (Å²) in [6.45, 7) is 10.9. The van der Waals surface area contributed by atoms with Crippen LogP contribution in [0.2, 0.25) is 5.04 Å². The lowest BCUT2D eigenvalue weighted by Crippen LogP contribution is -2.66. The van der Waals surface area contributed by atoms with Gasteiger partial charge in [-0.2, -0.15) is 5.10 Å². The summed E-state index contributed by atoms with van der Waals surface area (Å²) >= 11 is 3.67. The first kappa shape index (κ1) is 42.1. The number of amides is 1. The van der Waals surface area contributed by atoms with Gasteiger partial charge in [0, 0.05) is 18.2 Å². The van der Waals surface area contributed by atoms with Crippen molar-refractivity contribution in [3.05, 3.63) is 137 Å². The Morgan fingerprint density at radius 1 is 0.932 bits per heavy atom. The molecular weight excluding hydrogens is 825 g/mol. The number of alkyl carbamates (subject to hydrolysis) is 1. The first-order chi connectivity index (χ1) is 28.6. The maximum absolute atomic E-state index is 12.9. The average Bonchev–Trinajstić information content (AvgIpc) is 3.55. The number of aromatic nitrogens is 4. The molecule has 7 rings (SSSR count). The van der Waals surface area contributed by atoms with Gasteiger partial charge in [-0.1, -0.05) is 137 Å². The third kappa shape index (κ3) is 9.08. The Morgan fingerprint density at radius 3 is 2.19 bits per heavy atom. The average molecular weight is 878 g/mol. The van der Waals surface area contributed by atoms with Crippen molar-refractivity contribution in [2.24, 2.45) is 0 Å². The summed E-state index contributed by atoms with van der Waals surface area (Å²) < 4.78 is 26.9. The maximum atomic E-state index is 12.9. The van der Waals surface area contributed by atoms with Gasteiger partial charge in [0.15, 0.2) is 10.4 Å². The molecule has 0 radical (unpaired) electrons. The Balaban J connectivity index is 1.10. The molecule has 0 unspecified atom stereocenters. The molecule has 2 N–H and O–H groups in total. The van der Waals surface area contributed by atoms with Crippen LogP contribution in [0.3, 0.4) is 0 Å². The van der Waals surface area contributed by atoms with Crippen molar-refractivity contribution in [1.82, 2.24) is 25.1 Å². The van der Waals surface area contributed by atoms with Gasteiger partial charge < -0.3 is 29.3 Å². The second kappa shape index (κ2) is 18.5. The number of fused-ring (bicyclic) bond motifs is 1. The van der Waals surface area contributed by atoms with E-state index in [0.717, 1.165) is 41.5 Å². The Hall–Kier alpha value is -5.08. The number of halogens is 1. The molecule has 59 heavy (non-hydrogen) atoms. The first-order valence-corrected chi connectivity index (χ1v) is 22.9. The van der Waals surface area contributed by atoms with E-state index in [-0.39, 0.29) is 17.7 Å². The standard InChI is InChI=1S/C46H53BrN6O5Si/c1-6-16-36(25-26-58-59(45(2,3)4,37-19-12-8-13-20-37)38-21-14-9-15-22-38)50-43-41-40(48-32-49-43)42(47)52-53(41)28-34-23-24-35(27-39(34)55-5)46(30-56-31-46)51-44(54)57-29-33-17-10-7-11-18-33/h7-15,17-24,27,32,36H,6,16,25-26,28-31H2,1-5H3,(H,51,54)(H,48,49,50)/t36-/m0/s1. The number of carbonyl (C=O) groups is 1. The predicted octanol–water partition coefficient (Wildman–Crippen LogP) is 8.34. The molecule has 13 heteroatoms. The number of nitrogens with one attached hydrogen (secondary N) is 2. The molecule has 3 heterocycles. The highest BCUT2D eigenvalue weighted by atomic mass is 79.9. The number of anilines is 1.